The molecule has 4 nitrogen and oxygen atoms in total. The maximum absolute atomic E-state index is 10.9. The SMILES string of the molecule is O=[N+]([O-])C1CCCCC1N1CCCC1. The summed E-state index contributed by atoms with van der Waals surface area (Å²) in [4.78, 5) is 13.2. The van der Waals surface area contributed by atoms with Crippen molar-refractivity contribution in [1.29, 1.82) is 0 Å². The van der Waals surface area contributed by atoms with Gasteiger partial charge in [0.05, 0.1) is 6.04 Å². The molecule has 0 amide bonds. The number of likely N-dealkylation sites (tertiary alicyclic amines) is 1. The molecule has 2 rings (SSSR count). The summed E-state index contributed by atoms with van der Waals surface area (Å²) in [5.74, 6) is 0. The molecule has 0 radical (unpaired) electrons. The van der Waals surface area contributed by atoms with Crippen LogP contribution in [-0.2, 0) is 0 Å². The third-order valence-corrected chi connectivity index (χ3v) is 3.57. The van der Waals surface area contributed by atoms with Crippen LogP contribution in [0.3, 0.4) is 0 Å². The van der Waals surface area contributed by atoms with Crippen LogP contribution in [0.15, 0.2) is 0 Å². The summed E-state index contributed by atoms with van der Waals surface area (Å²) in [5, 5.41) is 10.9. The number of rotatable bonds is 2. The second-order valence-corrected chi connectivity index (χ2v) is 4.45. The zero-order chi connectivity index (χ0) is 9.97. The van der Waals surface area contributed by atoms with Gasteiger partial charge >= 0.3 is 0 Å². The minimum absolute atomic E-state index is 0.0534. The van der Waals surface area contributed by atoms with Crippen molar-refractivity contribution in [3.63, 3.8) is 0 Å². The minimum Gasteiger partial charge on any atom is -0.294 e. The summed E-state index contributed by atoms with van der Waals surface area (Å²) in [6, 6.07) is -0.0527. The lowest BCUT2D eigenvalue weighted by Crippen LogP contribution is -2.47. The Balaban J connectivity index is 2.01. The van der Waals surface area contributed by atoms with E-state index in [1.165, 1.54) is 19.3 Å². The molecule has 0 N–H and O–H groups in total. The van der Waals surface area contributed by atoms with E-state index in [9.17, 15) is 10.1 Å². The molecule has 1 aliphatic carbocycles. The minimum atomic E-state index is -0.290. The second kappa shape index (κ2) is 4.26. The first-order chi connectivity index (χ1) is 6.79. The molecule has 2 atom stereocenters. The molecule has 2 fully saturated rings. The van der Waals surface area contributed by atoms with Gasteiger partial charge in [-0.3, -0.25) is 15.0 Å². The Morgan fingerprint density at radius 2 is 1.71 bits per heavy atom. The lowest BCUT2D eigenvalue weighted by atomic mass is 9.90. The van der Waals surface area contributed by atoms with Crippen LogP contribution in [0.4, 0.5) is 0 Å². The molecule has 1 saturated carbocycles. The van der Waals surface area contributed by atoms with Crippen LogP contribution in [-0.4, -0.2) is 35.0 Å². The highest BCUT2D eigenvalue weighted by atomic mass is 16.6. The molecule has 0 spiro atoms. The van der Waals surface area contributed by atoms with Crippen molar-refractivity contribution in [3.05, 3.63) is 10.1 Å². The lowest BCUT2D eigenvalue weighted by molar-refractivity contribution is -0.533. The van der Waals surface area contributed by atoms with Gasteiger partial charge in [0.15, 0.2) is 0 Å². The molecule has 1 heterocycles. The molecule has 2 aliphatic rings. The first-order valence-electron chi connectivity index (χ1n) is 5.66. The van der Waals surface area contributed by atoms with E-state index in [0.717, 1.165) is 32.4 Å². The van der Waals surface area contributed by atoms with Gasteiger partial charge in [0.25, 0.3) is 0 Å². The van der Waals surface area contributed by atoms with E-state index in [1.54, 1.807) is 0 Å². The number of nitro groups is 1. The van der Waals surface area contributed by atoms with Crippen LogP contribution < -0.4 is 0 Å². The Morgan fingerprint density at radius 1 is 1.07 bits per heavy atom. The van der Waals surface area contributed by atoms with Crippen molar-refractivity contribution < 1.29 is 4.92 Å². The van der Waals surface area contributed by atoms with Crippen LogP contribution in [0.1, 0.15) is 38.5 Å². The molecule has 14 heavy (non-hydrogen) atoms. The maximum atomic E-state index is 10.9. The molecular formula is C10H18N2O2. The fraction of sp³-hybridized carbons (Fsp3) is 1.00. The van der Waals surface area contributed by atoms with Crippen molar-refractivity contribution in [2.24, 2.45) is 0 Å². The largest absolute Gasteiger partial charge is 0.294 e. The van der Waals surface area contributed by atoms with Crippen molar-refractivity contribution >= 4 is 0 Å². The van der Waals surface area contributed by atoms with Crippen LogP contribution in [0.5, 0.6) is 0 Å². The number of hydrogen-bond donors (Lipinski definition) is 0. The van der Waals surface area contributed by atoms with Gasteiger partial charge in [0.1, 0.15) is 0 Å². The average molecular weight is 198 g/mol. The van der Waals surface area contributed by atoms with Gasteiger partial charge in [-0.05, 0) is 38.8 Å². The quantitative estimate of drug-likeness (QED) is 0.501. The summed E-state index contributed by atoms with van der Waals surface area (Å²) in [5.41, 5.74) is 0. The van der Waals surface area contributed by atoms with E-state index in [4.69, 9.17) is 0 Å². The van der Waals surface area contributed by atoms with Gasteiger partial charge in [0.2, 0.25) is 6.04 Å². The topological polar surface area (TPSA) is 46.4 Å². The van der Waals surface area contributed by atoms with Gasteiger partial charge in [-0.1, -0.05) is 6.42 Å². The van der Waals surface area contributed by atoms with Crippen LogP contribution in [0.25, 0.3) is 0 Å². The Labute approximate surface area is 84.4 Å². The van der Waals surface area contributed by atoms with E-state index < -0.39 is 0 Å². The summed E-state index contributed by atoms with van der Waals surface area (Å²) in [6.45, 7) is 2.16. The highest BCUT2D eigenvalue weighted by molar-refractivity contribution is 4.85. The van der Waals surface area contributed by atoms with E-state index in [-0.39, 0.29) is 17.0 Å². The van der Waals surface area contributed by atoms with Gasteiger partial charge in [0, 0.05) is 11.3 Å². The Kier molecular flexibility index (Phi) is 3.01. The van der Waals surface area contributed by atoms with Crippen LogP contribution in [0.2, 0.25) is 0 Å². The van der Waals surface area contributed by atoms with Crippen molar-refractivity contribution in [3.8, 4) is 0 Å². The lowest BCUT2D eigenvalue weighted by Gasteiger charge is -2.32. The molecule has 0 aromatic carbocycles. The highest BCUT2D eigenvalue weighted by Gasteiger charge is 2.38. The summed E-state index contributed by atoms with van der Waals surface area (Å²) in [7, 11) is 0. The first-order valence-corrected chi connectivity index (χ1v) is 5.66. The van der Waals surface area contributed by atoms with E-state index in [1.807, 2.05) is 0 Å². The Hall–Kier alpha value is -0.640. The molecule has 0 bridgehead atoms. The Morgan fingerprint density at radius 3 is 2.36 bits per heavy atom. The smallest absolute Gasteiger partial charge is 0.228 e. The molecule has 80 valence electrons. The van der Waals surface area contributed by atoms with Gasteiger partial charge in [-0.15, -0.1) is 0 Å². The summed E-state index contributed by atoms with van der Waals surface area (Å²) in [6.07, 6.45) is 6.48. The first kappa shape index (κ1) is 9.90. The molecule has 2 unspecified atom stereocenters. The summed E-state index contributed by atoms with van der Waals surface area (Å²) >= 11 is 0. The fourth-order valence-corrected chi connectivity index (χ4v) is 2.84. The van der Waals surface area contributed by atoms with Crippen molar-refractivity contribution in [2.45, 2.75) is 50.6 Å². The standard InChI is InChI=1S/C10H18N2O2/c13-12(14)10-6-2-1-5-9(10)11-7-3-4-8-11/h9-10H,1-8H2. The molecule has 4 heteroatoms. The highest BCUT2D eigenvalue weighted by Crippen LogP contribution is 2.27. The Bertz CT molecular complexity index is 214. The third kappa shape index (κ3) is 1.90. The molecular weight excluding hydrogens is 180 g/mol. The molecule has 0 aromatic heterocycles. The van der Waals surface area contributed by atoms with Crippen molar-refractivity contribution in [2.75, 3.05) is 13.1 Å². The van der Waals surface area contributed by atoms with Crippen molar-refractivity contribution in [1.82, 2.24) is 4.90 Å². The number of hydrogen-bond acceptors (Lipinski definition) is 3. The molecule has 0 aromatic rings. The maximum Gasteiger partial charge on any atom is 0.228 e. The molecule has 1 aliphatic heterocycles. The van der Waals surface area contributed by atoms with Gasteiger partial charge < -0.3 is 0 Å². The van der Waals surface area contributed by atoms with E-state index in [0.29, 0.717) is 0 Å². The van der Waals surface area contributed by atoms with Crippen LogP contribution >= 0.6 is 0 Å². The normalized spacial score (nSPS) is 34.6. The summed E-state index contributed by atoms with van der Waals surface area (Å²) < 4.78 is 0. The monoisotopic (exact) mass is 198 g/mol. The second-order valence-electron chi connectivity index (χ2n) is 4.45. The average Bonchev–Trinajstić information content (AvgIpc) is 2.70. The zero-order valence-electron chi connectivity index (χ0n) is 8.52. The molecule has 1 saturated heterocycles. The third-order valence-electron chi connectivity index (χ3n) is 3.57. The van der Waals surface area contributed by atoms with E-state index >= 15 is 0 Å². The predicted molar refractivity (Wildman–Crippen MR) is 53.8 cm³/mol. The van der Waals surface area contributed by atoms with E-state index in [2.05, 4.69) is 4.90 Å². The predicted octanol–water partition coefficient (Wildman–Crippen LogP) is 1.67. The zero-order valence-corrected chi connectivity index (χ0v) is 8.52. The number of nitrogens with zero attached hydrogens (tertiary/aromatic N) is 2. The van der Waals surface area contributed by atoms with Gasteiger partial charge in [-0.25, -0.2) is 0 Å². The van der Waals surface area contributed by atoms with Gasteiger partial charge in [-0.2, -0.15) is 0 Å². The van der Waals surface area contributed by atoms with Crippen LogP contribution in [0, 0.1) is 10.1 Å². The fourth-order valence-electron chi connectivity index (χ4n) is 2.84.